The summed E-state index contributed by atoms with van der Waals surface area (Å²) in [6.45, 7) is 5.28. The van der Waals surface area contributed by atoms with Crippen molar-refractivity contribution in [3.8, 4) is 0 Å². The smallest absolute Gasteiger partial charge is 0.368 e. The molecule has 0 saturated heterocycles. The van der Waals surface area contributed by atoms with Gasteiger partial charge in [0, 0.05) is 0 Å². The molecule has 0 radical (unpaired) electrons. The van der Waals surface area contributed by atoms with E-state index in [0.717, 1.165) is 11.3 Å². The van der Waals surface area contributed by atoms with E-state index in [1.807, 2.05) is 0 Å². The molecule has 0 amide bonds. The summed E-state index contributed by atoms with van der Waals surface area (Å²) in [6.07, 6.45) is 0. The zero-order chi connectivity index (χ0) is 13.2. The van der Waals surface area contributed by atoms with Crippen LogP contribution in [0.3, 0.4) is 0 Å². The van der Waals surface area contributed by atoms with E-state index in [1.165, 1.54) is 7.11 Å². The molecule has 0 bridgehead atoms. The van der Waals surface area contributed by atoms with Gasteiger partial charge < -0.3 is 9.47 Å². The molecule has 0 aromatic carbocycles. The minimum Gasteiger partial charge on any atom is -0.464 e. The maximum absolute atomic E-state index is 11.7. The summed E-state index contributed by atoms with van der Waals surface area (Å²) in [4.78, 5) is 26.9. The first-order chi connectivity index (χ1) is 7.74. The second kappa shape index (κ2) is 5.14. The predicted octanol–water partition coefficient (Wildman–Crippen LogP) is 2.65. The highest BCUT2D eigenvalue weighted by Crippen LogP contribution is 2.26. The summed E-state index contributed by atoms with van der Waals surface area (Å²) in [5, 5.41) is 0.118. The number of carbonyl (C=O) groups excluding carboxylic acids is 2. The van der Waals surface area contributed by atoms with Crippen LogP contribution in [0.5, 0.6) is 0 Å². The van der Waals surface area contributed by atoms with E-state index < -0.39 is 17.5 Å². The quantitative estimate of drug-likeness (QED) is 0.783. The minimum atomic E-state index is -0.597. The fourth-order valence-electron chi connectivity index (χ4n) is 0.933. The van der Waals surface area contributed by atoms with Gasteiger partial charge in [0.25, 0.3) is 0 Å². The minimum absolute atomic E-state index is 0.0818. The van der Waals surface area contributed by atoms with Gasteiger partial charge in [0.2, 0.25) is 5.01 Å². The SMILES string of the molecule is COC(=O)c1nc(C(=O)OC(C)(C)C)sc1Br. The maximum Gasteiger partial charge on any atom is 0.368 e. The first-order valence-electron chi connectivity index (χ1n) is 4.72. The number of halogens is 1. The van der Waals surface area contributed by atoms with Crippen LogP contribution in [-0.4, -0.2) is 29.6 Å². The summed E-state index contributed by atoms with van der Waals surface area (Å²) in [5.41, 5.74) is -0.515. The average Bonchev–Trinajstić information content (AvgIpc) is 2.57. The molecule has 94 valence electrons. The number of thiazole rings is 1. The predicted molar refractivity (Wildman–Crippen MR) is 66.3 cm³/mol. The van der Waals surface area contributed by atoms with Crippen molar-refractivity contribution in [2.45, 2.75) is 26.4 Å². The molecule has 0 unspecified atom stereocenters. The summed E-state index contributed by atoms with van der Waals surface area (Å²) in [7, 11) is 1.25. The normalized spacial score (nSPS) is 11.1. The lowest BCUT2D eigenvalue weighted by Gasteiger charge is -2.18. The highest BCUT2D eigenvalue weighted by molar-refractivity contribution is 9.11. The zero-order valence-electron chi connectivity index (χ0n) is 9.87. The first kappa shape index (κ1) is 14.1. The highest BCUT2D eigenvalue weighted by atomic mass is 79.9. The molecule has 0 aliphatic carbocycles. The van der Waals surface area contributed by atoms with E-state index in [-0.39, 0.29) is 10.7 Å². The van der Waals surface area contributed by atoms with Gasteiger partial charge in [-0.2, -0.15) is 0 Å². The second-order valence-corrected chi connectivity index (χ2v) is 6.45. The van der Waals surface area contributed by atoms with Crippen LogP contribution in [0.2, 0.25) is 0 Å². The van der Waals surface area contributed by atoms with Gasteiger partial charge in [-0.05, 0) is 36.7 Å². The molecule has 0 saturated carbocycles. The maximum atomic E-state index is 11.7. The monoisotopic (exact) mass is 321 g/mol. The lowest BCUT2D eigenvalue weighted by Crippen LogP contribution is -2.23. The summed E-state index contributed by atoms with van der Waals surface area (Å²) in [6, 6.07) is 0. The van der Waals surface area contributed by atoms with Crippen LogP contribution in [0.4, 0.5) is 0 Å². The molecule has 1 heterocycles. The van der Waals surface area contributed by atoms with Gasteiger partial charge in [-0.15, -0.1) is 0 Å². The summed E-state index contributed by atoms with van der Waals surface area (Å²) >= 11 is 4.19. The van der Waals surface area contributed by atoms with Gasteiger partial charge in [0.1, 0.15) is 9.39 Å². The van der Waals surface area contributed by atoms with Crippen molar-refractivity contribution in [1.82, 2.24) is 4.98 Å². The van der Waals surface area contributed by atoms with Crippen molar-refractivity contribution in [2.75, 3.05) is 7.11 Å². The van der Waals surface area contributed by atoms with Gasteiger partial charge in [-0.3, -0.25) is 0 Å². The zero-order valence-corrected chi connectivity index (χ0v) is 12.3. The molecule has 0 aliphatic heterocycles. The molecule has 0 fully saturated rings. The Balaban J connectivity index is 2.94. The van der Waals surface area contributed by atoms with Gasteiger partial charge in [0.15, 0.2) is 5.69 Å². The van der Waals surface area contributed by atoms with Gasteiger partial charge in [-0.1, -0.05) is 11.3 Å². The molecule has 7 heteroatoms. The van der Waals surface area contributed by atoms with E-state index >= 15 is 0 Å². The Hall–Kier alpha value is -0.950. The van der Waals surface area contributed by atoms with E-state index in [2.05, 4.69) is 25.7 Å². The Bertz CT molecular complexity index is 450. The topological polar surface area (TPSA) is 65.5 Å². The van der Waals surface area contributed by atoms with E-state index in [9.17, 15) is 9.59 Å². The molecule has 0 aliphatic rings. The van der Waals surface area contributed by atoms with Crippen LogP contribution in [0, 0.1) is 0 Å². The number of carbonyl (C=O) groups is 2. The molecule has 0 atom stereocenters. The largest absolute Gasteiger partial charge is 0.464 e. The van der Waals surface area contributed by atoms with Crippen LogP contribution in [0.1, 0.15) is 41.1 Å². The number of esters is 2. The van der Waals surface area contributed by atoms with Crippen molar-refractivity contribution < 1.29 is 19.1 Å². The van der Waals surface area contributed by atoms with Crippen molar-refractivity contribution >= 4 is 39.2 Å². The summed E-state index contributed by atoms with van der Waals surface area (Å²) in [5.74, 6) is -1.15. The van der Waals surface area contributed by atoms with Crippen LogP contribution in [0.15, 0.2) is 3.79 Å². The van der Waals surface area contributed by atoms with Crippen LogP contribution < -0.4 is 0 Å². The second-order valence-electron chi connectivity index (χ2n) is 4.13. The molecular formula is C10H12BrNO4S. The molecule has 0 spiro atoms. The Morgan fingerprint density at radius 1 is 1.29 bits per heavy atom. The number of aromatic nitrogens is 1. The third-order valence-corrected chi connectivity index (χ3v) is 3.22. The third kappa shape index (κ3) is 3.78. The van der Waals surface area contributed by atoms with Crippen LogP contribution in [0.25, 0.3) is 0 Å². The molecule has 5 nitrogen and oxygen atoms in total. The molecule has 1 aromatic rings. The van der Waals surface area contributed by atoms with Crippen molar-refractivity contribution in [2.24, 2.45) is 0 Å². The van der Waals surface area contributed by atoms with Crippen LogP contribution >= 0.6 is 27.3 Å². The van der Waals surface area contributed by atoms with Gasteiger partial charge in [-0.25, -0.2) is 14.6 Å². The lowest BCUT2D eigenvalue weighted by molar-refractivity contribution is 0.00691. The van der Waals surface area contributed by atoms with E-state index in [4.69, 9.17) is 4.74 Å². The molecule has 0 N–H and O–H groups in total. The Kier molecular flexibility index (Phi) is 4.26. The molecule has 1 rings (SSSR count). The van der Waals surface area contributed by atoms with E-state index in [0.29, 0.717) is 3.79 Å². The fourth-order valence-corrected chi connectivity index (χ4v) is 2.30. The Morgan fingerprint density at radius 2 is 1.88 bits per heavy atom. The van der Waals surface area contributed by atoms with Gasteiger partial charge in [0.05, 0.1) is 7.11 Å². The lowest BCUT2D eigenvalue weighted by atomic mass is 10.2. The number of methoxy groups -OCH3 is 1. The number of hydrogen-bond donors (Lipinski definition) is 0. The number of rotatable bonds is 2. The van der Waals surface area contributed by atoms with Gasteiger partial charge >= 0.3 is 11.9 Å². The third-order valence-electron chi connectivity index (χ3n) is 1.54. The van der Waals surface area contributed by atoms with Crippen molar-refractivity contribution in [3.63, 3.8) is 0 Å². The average molecular weight is 322 g/mol. The Morgan fingerprint density at radius 3 is 2.35 bits per heavy atom. The van der Waals surface area contributed by atoms with Crippen LogP contribution in [-0.2, 0) is 9.47 Å². The number of hydrogen-bond acceptors (Lipinski definition) is 6. The van der Waals surface area contributed by atoms with Crippen molar-refractivity contribution in [3.05, 3.63) is 14.5 Å². The fraction of sp³-hybridized carbons (Fsp3) is 0.500. The summed E-state index contributed by atoms with van der Waals surface area (Å²) < 4.78 is 10.1. The standard InChI is InChI=1S/C10H12BrNO4S/c1-10(2,3)16-9(14)7-12-5(6(11)17-7)8(13)15-4/h1-4H3. The molecule has 17 heavy (non-hydrogen) atoms. The highest BCUT2D eigenvalue weighted by Gasteiger charge is 2.24. The Labute approximate surface area is 111 Å². The number of ether oxygens (including phenoxy) is 2. The van der Waals surface area contributed by atoms with E-state index in [1.54, 1.807) is 20.8 Å². The molecule has 1 aromatic heterocycles. The number of nitrogens with zero attached hydrogens (tertiary/aromatic N) is 1. The van der Waals surface area contributed by atoms with Crippen molar-refractivity contribution in [1.29, 1.82) is 0 Å². The molecular weight excluding hydrogens is 310 g/mol. The first-order valence-corrected chi connectivity index (χ1v) is 6.33.